The van der Waals surface area contributed by atoms with E-state index in [1.807, 2.05) is 12.1 Å². The SMILES string of the molecule is O=C1N=C(CC(O)CO)c2cc(I)ccc21. The van der Waals surface area contributed by atoms with Gasteiger partial charge in [-0.25, -0.2) is 4.99 Å². The Morgan fingerprint density at radius 1 is 1.38 bits per heavy atom. The van der Waals surface area contributed by atoms with Gasteiger partial charge in [0.05, 0.1) is 24.0 Å². The highest BCUT2D eigenvalue weighted by Gasteiger charge is 2.24. The van der Waals surface area contributed by atoms with E-state index in [0.29, 0.717) is 11.3 Å². The van der Waals surface area contributed by atoms with Gasteiger partial charge in [0.25, 0.3) is 5.91 Å². The Bertz CT molecular complexity index is 470. The van der Waals surface area contributed by atoms with E-state index in [2.05, 4.69) is 27.6 Å². The molecule has 2 N–H and O–H groups in total. The molecule has 1 aromatic rings. The number of aliphatic imine (C=N–C) groups is 1. The Morgan fingerprint density at radius 3 is 2.81 bits per heavy atom. The first kappa shape index (κ1) is 11.7. The van der Waals surface area contributed by atoms with Crippen molar-refractivity contribution in [2.45, 2.75) is 12.5 Å². The van der Waals surface area contributed by atoms with E-state index in [1.54, 1.807) is 6.07 Å². The van der Waals surface area contributed by atoms with Crippen LogP contribution in [0.4, 0.5) is 0 Å². The highest BCUT2D eigenvalue weighted by atomic mass is 127. The number of benzene rings is 1. The molecule has 0 aliphatic carbocycles. The van der Waals surface area contributed by atoms with Gasteiger partial charge in [-0.05, 0) is 40.8 Å². The maximum Gasteiger partial charge on any atom is 0.277 e. The van der Waals surface area contributed by atoms with Gasteiger partial charge >= 0.3 is 0 Å². The second kappa shape index (κ2) is 4.60. The van der Waals surface area contributed by atoms with Crippen LogP contribution >= 0.6 is 22.6 Å². The topological polar surface area (TPSA) is 69.9 Å². The quantitative estimate of drug-likeness (QED) is 0.811. The van der Waals surface area contributed by atoms with Crippen molar-refractivity contribution in [1.82, 2.24) is 0 Å². The predicted octanol–water partition coefficient (Wildman–Crippen LogP) is 0.977. The van der Waals surface area contributed by atoms with E-state index >= 15 is 0 Å². The van der Waals surface area contributed by atoms with Gasteiger partial charge in [-0.2, -0.15) is 0 Å². The van der Waals surface area contributed by atoms with Crippen molar-refractivity contribution in [1.29, 1.82) is 0 Å². The van der Waals surface area contributed by atoms with Crippen LogP contribution < -0.4 is 0 Å². The molecule has 5 heteroatoms. The monoisotopic (exact) mass is 331 g/mol. The fourth-order valence-corrected chi connectivity index (χ4v) is 2.12. The minimum atomic E-state index is -0.865. The summed E-state index contributed by atoms with van der Waals surface area (Å²) in [5.41, 5.74) is 1.89. The van der Waals surface area contributed by atoms with E-state index in [1.165, 1.54) is 0 Å². The van der Waals surface area contributed by atoms with Crippen LogP contribution in [0.25, 0.3) is 0 Å². The number of aliphatic hydroxyl groups excluding tert-OH is 2. The standard InChI is InChI=1S/C11H10INO3/c12-6-1-2-8-9(3-6)10(13-11(8)16)4-7(15)5-14/h1-3,7,14-15H,4-5H2. The number of carbonyl (C=O) groups excluding carboxylic acids is 1. The van der Waals surface area contributed by atoms with Crippen molar-refractivity contribution >= 4 is 34.2 Å². The number of aliphatic hydroxyl groups is 2. The van der Waals surface area contributed by atoms with E-state index in [0.717, 1.165) is 9.13 Å². The summed E-state index contributed by atoms with van der Waals surface area (Å²) in [7, 11) is 0. The van der Waals surface area contributed by atoms with E-state index in [-0.39, 0.29) is 18.9 Å². The zero-order chi connectivity index (χ0) is 11.7. The number of fused-ring (bicyclic) bond motifs is 1. The first-order valence-electron chi connectivity index (χ1n) is 4.82. The van der Waals surface area contributed by atoms with Crippen molar-refractivity contribution in [3.05, 3.63) is 32.9 Å². The Hall–Kier alpha value is -0.790. The summed E-state index contributed by atoms with van der Waals surface area (Å²) in [4.78, 5) is 15.4. The van der Waals surface area contributed by atoms with Crippen LogP contribution in [0.1, 0.15) is 22.3 Å². The highest BCUT2D eigenvalue weighted by molar-refractivity contribution is 14.1. The molecule has 0 saturated heterocycles. The van der Waals surface area contributed by atoms with Gasteiger partial charge in [0.1, 0.15) is 0 Å². The number of carbonyl (C=O) groups is 1. The molecule has 0 radical (unpaired) electrons. The van der Waals surface area contributed by atoms with Gasteiger partial charge in [-0.1, -0.05) is 0 Å². The smallest absolute Gasteiger partial charge is 0.277 e. The zero-order valence-electron chi connectivity index (χ0n) is 8.35. The molecule has 0 bridgehead atoms. The summed E-state index contributed by atoms with van der Waals surface area (Å²) >= 11 is 2.16. The predicted molar refractivity (Wildman–Crippen MR) is 67.7 cm³/mol. The van der Waals surface area contributed by atoms with Crippen LogP contribution in [0.2, 0.25) is 0 Å². The lowest BCUT2D eigenvalue weighted by molar-refractivity contribution is 0.0993. The molecule has 1 aliphatic heterocycles. The van der Waals surface area contributed by atoms with E-state index in [4.69, 9.17) is 5.11 Å². The number of halogens is 1. The van der Waals surface area contributed by atoms with Crippen LogP contribution in [0.15, 0.2) is 23.2 Å². The maximum atomic E-state index is 11.5. The van der Waals surface area contributed by atoms with Crippen molar-refractivity contribution in [2.75, 3.05) is 6.61 Å². The molecule has 1 amide bonds. The molecule has 4 nitrogen and oxygen atoms in total. The van der Waals surface area contributed by atoms with Gasteiger partial charge in [-0.15, -0.1) is 0 Å². The van der Waals surface area contributed by atoms with Crippen LogP contribution in [-0.4, -0.2) is 34.5 Å². The zero-order valence-corrected chi connectivity index (χ0v) is 10.5. The van der Waals surface area contributed by atoms with Crippen molar-refractivity contribution in [3.63, 3.8) is 0 Å². The molecule has 1 aromatic carbocycles. The van der Waals surface area contributed by atoms with Crippen LogP contribution in [0.3, 0.4) is 0 Å². The van der Waals surface area contributed by atoms with Gasteiger partial charge in [0.15, 0.2) is 0 Å². The molecule has 0 fully saturated rings. The first-order valence-corrected chi connectivity index (χ1v) is 5.90. The second-order valence-corrected chi connectivity index (χ2v) is 4.84. The summed E-state index contributed by atoms with van der Waals surface area (Å²) in [5, 5.41) is 18.1. The number of hydrogen-bond acceptors (Lipinski definition) is 3. The highest BCUT2D eigenvalue weighted by Crippen LogP contribution is 2.23. The van der Waals surface area contributed by atoms with Gasteiger partial charge in [0.2, 0.25) is 0 Å². The largest absolute Gasteiger partial charge is 0.394 e. The molecule has 84 valence electrons. The van der Waals surface area contributed by atoms with Crippen molar-refractivity contribution in [3.8, 4) is 0 Å². The average Bonchev–Trinajstić information content (AvgIpc) is 2.55. The molecule has 1 heterocycles. The second-order valence-electron chi connectivity index (χ2n) is 3.59. The molecule has 2 rings (SSSR count). The summed E-state index contributed by atoms with van der Waals surface area (Å²) in [5.74, 6) is -0.272. The molecule has 16 heavy (non-hydrogen) atoms. The lowest BCUT2D eigenvalue weighted by Gasteiger charge is -2.07. The van der Waals surface area contributed by atoms with E-state index < -0.39 is 6.10 Å². The van der Waals surface area contributed by atoms with Crippen molar-refractivity contribution < 1.29 is 15.0 Å². The molecular weight excluding hydrogens is 321 g/mol. The number of nitrogens with zero attached hydrogens (tertiary/aromatic N) is 1. The lowest BCUT2D eigenvalue weighted by Crippen LogP contribution is -2.17. The Kier molecular flexibility index (Phi) is 3.36. The number of hydrogen-bond donors (Lipinski definition) is 2. The molecule has 0 spiro atoms. The Morgan fingerprint density at radius 2 is 2.12 bits per heavy atom. The minimum Gasteiger partial charge on any atom is -0.394 e. The van der Waals surface area contributed by atoms with Gasteiger partial charge in [-0.3, -0.25) is 4.79 Å². The Labute approximate surface area is 106 Å². The molecule has 0 saturated carbocycles. The third-order valence-corrected chi connectivity index (χ3v) is 3.07. The van der Waals surface area contributed by atoms with E-state index in [9.17, 15) is 9.90 Å². The molecular formula is C11H10INO3. The summed E-state index contributed by atoms with van der Waals surface area (Å²) in [6.45, 7) is -0.327. The average molecular weight is 331 g/mol. The summed E-state index contributed by atoms with van der Waals surface area (Å²) in [6.07, 6.45) is -0.662. The van der Waals surface area contributed by atoms with Crippen LogP contribution in [0.5, 0.6) is 0 Å². The molecule has 0 aromatic heterocycles. The Balaban J connectivity index is 2.34. The maximum absolute atomic E-state index is 11.5. The summed E-state index contributed by atoms with van der Waals surface area (Å²) < 4.78 is 1.01. The molecule has 1 aliphatic rings. The third kappa shape index (κ3) is 2.16. The third-order valence-electron chi connectivity index (χ3n) is 2.40. The normalized spacial score (nSPS) is 15.9. The molecule has 1 atom stereocenters. The van der Waals surface area contributed by atoms with Crippen molar-refractivity contribution in [2.24, 2.45) is 4.99 Å². The first-order chi connectivity index (χ1) is 7.61. The lowest BCUT2D eigenvalue weighted by atomic mass is 10.0. The minimum absolute atomic E-state index is 0.204. The van der Waals surface area contributed by atoms with Gasteiger partial charge < -0.3 is 10.2 Å². The van der Waals surface area contributed by atoms with Crippen LogP contribution in [0, 0.1) is 3.57 Å². The number of rotatable bonds is 3. The fraction of sp³-hybridized carbons (Fsp3) is 0.273. The molecule has 1 unspecified atom stereocenters. The summed E-state index contributed by atoms with van der Waals surface area (Å²) in [6, 6.07) is 5.45. The van der Waals surface area contributed by atoms with Gasteiger partial charge in [0, 0.05) is 15.6 Å². The van der Waals surface area contributed by atoms with Crippen LogP contribution in [-0.2, 0) is 0 Å². The number of amides is 1. The fourth-order valence-electron chi connectivity index (χ4n) is 1.63.